The maximum atomic E-state index is 12.0. The monoisotopic (exact) mass is 265 g/mol. The molecule has 0 aliphatic carbocycles. The van der Waals surface area contributed by atoms with Gasteiger partial charge in [0.05, 0.1) is 17.8 Å². The lowest BCUT2D eigenvalue weighted by Crippen LogP contribution is -2.27. The summed E-state index contributed by atoms with van der Waals surface area (Å²) in [5.74, 6) is 0.190. The van der Waals surface area contributed by atoms with Gasteiger partial charge >= 0.3 is 0 Å². The Balaban J connectivity index is 1.92. The van der Waals surface area contributed by atoms with Crippen LogP contribution >= 0.6 is 0 Å². The summed E-state index contributed by atoms with van der Waals surface area (Å²) in [5, 5.41) is 12.6. The zero-order valence-corrected chi connectivity index (χ0v) is 11.1. The van der Waals surface area contributed by atoms with E-state index in [1.54, 1.807) is 19.4 Å². The Bertz CT molecular complexity index is 470. The molecule has 7 nitrogen and oxygen atoms in total. The number of nitrogens with one attached hydrogen (secondary N) is 3. The van der Waals surface area contributed by atoms with E-state index in [4.69, 9.17) is 0 Å². The summed E-state index contributed by atoms with van der Waals surface area (Å²) >= 11 is 0. The van der Waals surface area contributed by atoms with Crippen LogP contribution in [0.1, 0.15) is 6.92 Å². The fourth-order valence-corrected chi connectivity index (χ4v) is 2.14. The molecule has 2 atom stereocenters. The van der Waals surface area contributed by atoms with E-state index in [1.807, 2.05) is 0 Å². The van der Waals surface area contributed by atoms with E-state index in [9.17, 15) is 9.59 Å². The van der Waals surface area contributed by atoms with Crippen molar-refractivity contribution in [3.8, 4) is 0 Å². The fourth-order valence-electron chi connectivity index (χ4n) is 2.14. The van der Waals surface area contributed by atoms with E-state index < -0.39 is 0 Å². The van der Waals surface area contributed by atoms with E-state index in [0.29, 0.717) is 18.2 Å². The molecule has 0 unspecified atom stereocenters. The van der Waals surface area contributed by atoms with Crippen molar-refractivity contribution in [1.82, 2.24) is 20.4 Å². The SMILES string of the molecule is CNC(=O)Cn1cc(NC(=O)[C@@H]2CNC[C@H]2C)cn1. The number of anilines is 1. The molecule has 0 spiro atoms. The maximum Gasteiger partial charge on any atom is 0.241 e. The third-order valence-corrected chi connectivity index (χ3v) is 3.34. The highest BCUT2D eigenvalue weighted by Crippen LogP contribution is 2.18. The summed E-state index contributed by atoms with van der Waals surface area (Å²) in [7, 11) is 1.57. The smallest absolute Gasteiger partial charge is 0.241 e. The molecule has 0 radical (unpaired) electrons. The molecule has 0 bridgehead atoms. The van der Waals surface area contributed by atoms with Crippen LogP contribution in [0.15, 0.2) is 12.4 Å². The molecule has 2 rings (SSSR count). The van der Waals surface area contributed by atoms with Crippen molar-refractivity contribution in [2.24, 2.45) is 11.8 Å². The first-order valence-corrected chi connectivity index (χ1v) is 6.34. The Kier molecular flexibility index (Phi) is 4.16. The van der Waals surface area contributed by atoms with E-state index in [-0.39, 0.29) is 24.3 Å². The number of amides is 2. The second-order valence-electron chi connectivity index (χ2n) is 4.83. The van der Waals surface area contributed by atoms with E-state index >= 15 is 0 Å². The Morgan fingerprint density at radius 3 is 2.95 bits per heavy atom. The molecule has 104 valence electrons. The summed E-state index contributed by atoms with van der Waals surface area (Å²) in [6.07, 6.45) is 3.20. The van der Waals surface area contributed by atoms with Crippen LogP contribution in [0.5, 0.6) is 0 Å². The average molecular weight is 265 g/mol. The lowest BCUT2D eigenvalue weighted by atomic mass is 9.97. The predicted molar refractivity (Wildman–Crippen MR) is 70.4 cm³/mol. The molecule has 1 aromatic heterocycles. The molecule has 1 fully saturated rings. The molecule has 1 aliphatic heterocycles. The maximum absolute atomic E-state index is 12.0. The Hall–Kier alpha value is -1.89. The lowest BCUT2D eigenvalue weighted by molar-refractivity contribution is -0.121. The minimum atomic E-state index is -0.130. The van der Waals surface area contributed by atoms with Gasteiger partial charge in [0.25, 0.3) is 0 Å². The Morgan fingerprint density at radius 1 is 1.53 bits per heavy atom. The van der Waals surface area contributed by atoms with Crippen LogP contribution in [0.2, 0.25) is 0 Å². The lowest BCUT2D eigenvalue weighted by Gasteiger charge is -2.12. The largest absolute Gasteiger partial charge is 0.358 e. The Labute approximate surface area is 111 Å². The van der Waals surface area contributed by atoms with Crippen LogP contribution in [-0.2, 0) is 16.1 Å². The molecular weight excluding hydrogens is 246 g/mol. The summed E-state index contributed by atoms with van der Waals surface area (Å²) in [6, 6.07) is 0. The van der Waals surface area contributed by atoms with Gasteiger partial charge in [-0.25, -0.2) is 0 Å². The number of rotatable bonds is 4. The quantitative estimate of drug-likeness (QED) is 0.680. The van der Waals surface area contributed by atoms with Gasteiger partial charge in [-0.1, -0.05) is 6.92 Å². The van der Waals surface area contributed by atoms with Crippen molar-refractivity contribution in [1.29, 1.82) is 0 Å². The molecular formula is C12H19N5O2. The molecule has 0 aromatic carbocycles. The molecule has 1 aromatic rings. The number of carbonyl (C=O) groups is 2. The van der Waals surface area contributed by atoms with Gasteiger partial charge in [-0.15, -0.1) is 0 Å². The van der Waals surface area contributed by atoms with Crippen molar-refractivity contribution in [3.05, 3.63) is 12.4 Å². The standard InChI is InChI=1S/C12H19N5O2/c1-8-3-14-5-10(8)12(19)16-9-4-15-17(6-9)7-11(18)13-2/h4,6,8,10,14H,3,5,7H2,1-2H3,(H,13,18)(H,16,19)/t8-,10-/m1/s1. The number of likely N-dealkylation sites (N-methyl/N-ethyl adjacent to an activating group) is 1. The van der Waals surface area contributed by atoms with E-state index in [0.717, 1.165) is 6.54 Å². The highest BCUT2D eigenvalue weighted by molar-refractivity contribution is 5.92. The third kappa shape index (κ3) is 3.31. The molecule has 2 amide bonds. The van der Waals surface area contributed by atoms with Crippen LogP contribution < -0.4 is 16.0 Å². The van der Waals surface area contributed by atoms with Crippen molar-refractivity contribution in [3.63, 3.8) is 0 Å². The molecule has 7 heteroatoms. The van der Waals surface area contributed by atoms with E-state index in [1.165, 1.54) is 4.68 Å². The molecule has 3 N–H and O–H groups in total. The molecule has 1 saturated heterocycles. The van der Waals surface area contributed by atoms with Gasteiger partial charge in [0, 0.05) is 19.8 Å². The fraction of sp³-hybridized carbons (Fsp3) is 0.583. The summed E-state index contributed by atoms with van der Waals surface area (Å²) in [5.41, 5.74) is 0.619. The second kappa shape index (κ2) is 5.83. The average Bonchev–Trinajstić information content (AvgIpc) is 2.98. The third-order valence-electron chi connectivity index (χ3n) is 3.34. The van der Waals surface area contributed by atoms with Crippen molar-refractivity contribution in [2.45, 2.75) is 13.5 Å². The van der Waals surface area contributed by atoms with Gasteiger partial charge in [0.15, 0.2) is 0 Å². The van der Waals surface area contributed by atoms with Gasteiger partial charge in [0.2, 0.25) is 11.8 Å². The van der Waals surface area contributed by atoms with E-state index in [2.05, 4.69) is 28.0 Å². The first-order chi connectivity index (χ1) is 9.10. The first kappa shape index (κ1) is 13.5. The second-order valence-corrected chi connectivity index (χ2v) is 4.83. The predicted octanol–water partition coefficient (Wildman–Crippen LogP) is -0.577. The number of carbonyl (C=O) groups excluding carboxylic acids is 2. The number of hydrogen-bond donors (Lipinski definition) is 3. The first-order valence-electron chi connectivity index (χ1n) is 6.34. The van der Waals surface area contributed by atoms with Crippen LogP contribution in [0.4, 0.5) is 5.69 Å². The number of hydrogen-bond acceptors (Lipinski definition) is 4. The molecule has 19 heavy (non-hydrogen) atoms. The Morgan fingerprint density at radius 2 is 2.32 bits per heavy atom. The minimum absolute atomic E-state index is 0.00278. The van der Waals surface area contributed by atoms with Crippen LogP contribution in [0.25, 0.3) is 0 Å². The normalized spacial score (nSPS) is 22.2. The van der Waals surface area contributed by atoms with Crippen molar-refractivity contribution < 1.29 is 9.59 Å². The van der Waals surface area contributed by atoms with Crippen LogP contribution in [0.3, 0.4) is 0 Å². The highest BCUT2D eigenvalue weighted by atomic mass is 16.2. The summed E-state index contributed by atoms with van der Waals surface area (Å²) < 4.78 is 1.49. The zero-order valence-electron chi connectivity index (χ0n) is 11.1. The van der Waals surface area contributed by atoms with Gasteiger partial charge in [-0.05, 0) is 12.5 Å². The summed E-state index contributed by atoms with van der Waals surface area (Å²) in [6.45, 7) is 3.78. The zero-order chi connectivity index (χ0) is 13.8. The minimum Gasteiger partial charge on any atom is -0.358 e. The topological polar surface area (TPSA) is 88.0 Å². The van der Waals surface area contributed by atoms with Gasteiger partial charge in [-0.2, -0.15) is 5.10 Å². The molecule has 1 aliphatic rings. The number of aromatic nitrogens is 2. The van der Waals surface area contributed by atoms with Gasteiger partial charge in [0.1, 0.15) is 6.54 Å². The summed E-state index contributed by atoms with van der Waals surface area (Å²) in [4.78, 5) is 23.2. The highest BCUT2D eigenvalue weighted by Gasteiger charge is 2.29. The van der Waals surface area contributed by atoms with Crippen molar-refractivity contribution in [2.75, 3.05) is 25.5 Å². The molecule has 0 saturated carbocycles. The van der Waals surface area contributed by atoms with Crippen LogP contribution in [-0.4, -0.2) is 41.7 Å². The number of nitrogens with zero attached hydrogens (tertiary/aromatic N) is 2. The van der Waals surface area contributed by atoms with Gasteiger partial charge < -0.3 is 16.0 Å². The van der Waals surface area contributed by atoms with Crippen LogP contribution in [0, 0.1) is 11.8 Å². The van der Waals surface area contributed by atoms with Crippen molar-refractivity contribution >= 4 is 17.5 Å². The van der Waals surface area contributed by atoms with Gasteiger partial charge in [-0.3, -0.25) is 14.3 Å². The molecule has 2 heterocycles.